The van der Waals surface area contributed by atoms with Crippen LogP contribution in [0.15, 0.2) is 24.5 Å². The van der Waals surface area contributed by atoms with Crippen molar-refractivity contribution in [2.45, 2.75) is 19.9 Å². The van der Waals surface area contributed by atoms with Gasteiger partial charge in [-0.3, -0.25) is 4.90 Å². The summed E-state index contributed by atoms with van der Waals surface area (Å²) in [7, 11) is 2.03. The number of fused-ring (bicyclic) bond motifs is 1. The summed E-state index contributed by atoms with van der Waals surface area (Å²) in [6.07, 6.45) is 3.07. The van der Waals surface area contributed by atoms with Crippen LogP contribution in [-0.4, -0.2) is 34.1 Å². The molecule has 0 spiro atoms. The van der Waals surface area contributed by atoms with Crippen LogP contribution in [0.2, 0.25) is 0 Å². The fourth-order valence-corrected chi connectivity index (χ4v) is 2.97. The van der Waals surface area contributed by atoms with Gasteiger partial charge in [0.25, 0.3) is 0 Å². The summed E-state index contributed by atoms with van der Waals surface area (Å²) < 4.78 is 2.06. The van der Waals surface area contributed by atoms with Crippen LogP contribution in [0.5, 0.6) is 0 Å². The first-order valence-corrected chi connectivity index (χ1v) is 6.92. The molecule has 1 fully saturated rings. The average Bonchev–Trinajstić information content (AvgIpc) is 2.95. The van der Waals surface area contributed by atoms with Gasteiger partial charge >= 0.3 is 0 Å². The van der Waals surface area contributed by atoms with E-state index in [1.54, 1.807) is 0 Å². The molecule has 1 aliphatic rings. The molecule has 1 saturated heterocycles. The first kappa shape index (κ1) is 12.6. The Morgan fingerprint density at radius 3 is 3.00 bits per heavy atom. The van der Waals surface area contributed by atoms with Gasteiger partial charge in [-0.1, -0.05) is 13.0 Å². The third-order valence-corrected chi connectivity index (χ3v) is 4.33. The van der Waals surface area contributed by atoms with Crippen LogP contribution in [0.3, 0.4) is 0 Å². The van der Waals surface area contributed by atoms with Gasteiger partial charge in [-0.15, -0.1) is 0 Å². The largest absolute Gasteiger partial charge is 0.334 e. The number of nitrogens with zero attached hydrogens (tertiary/aromatic N) is 3. The van der Waals surface area contributed by atoms with Crippen molar-refractivity contribution < 1.29 is 0 Å². The molecule has 0 bridgehead atoms. The van der Waals surface area contributed by atoms with E-state index in [2.05, 4.69) is 39.6 Å². The average molecular weight is 258 g/mol. The molecule has 4 heteroatoms. The highest BCUT2D eigenvalue weighted by molar-refractivity contribution is 5.75. The van der Waals surface area contributed by atoms with Crippen molar-refractivity contribution in [1.29, 1.82) is 0 Å². The van der Waals surface area contributed by atoms with E-state index < -0.39 is 0 Å². The van der Waals surface area contributed by atoms with E-state index in [4.69, 9.17) is 5.73 Å². The molecule has 102 valence electrons. The van der Waals surface area contributed by atoms with Crippen molar-refractivity contribution in [2.24, 2.45) is 18.2 Å². The van der Waals surface area contributed by atoms with E-state index in [9.17, 15) is 0 Å². The molecule has 1 aromatic heterocycles. The number of rotatable bonds is 3. The number of aromatic nitrogens is 2. The normalized spacial score (nSPS) is 24.4. The Labute approximate surface area is 114 Å². The smallest absolute Gasteiger partial charge is 0.0955 e. The summed E-state index contributed by atoms with van der Waals surface area (Å²) in [4.78, 5) is 6.92. The zero-order valence-corrected chi connectivity index (χ0v) is 11.8. The molecule has 2 aromatic rings. The van der Waals surface area contributed by atoms with Crippen molar-refractivity contribution in [3.8, 4) is 0 Å². The zero-order valence-electron chi connectivity index (χ0n) is 11.8. The number of imidazole rings is 1. The molecule has 1 unspecified atom stereocenters. The fraction of sp³-hybridized carbons (Fsp3) is 0.533. The van der Waals surface area contributed by atoms with Gasteiger partial charge in [0.2, 0.25) is 0 Å². The third kappa shape index (κ3) is 2.38. The van der Waals surface area contributed by atoms with Crippen molar-refractivity contribution >= 4 is 11.0 Å². The minimum Gasteiger partial charge on any atom is -0.334 e. The van der Waals surface area contributed by atoms with Crippen LogP contribution in [0.25, 0.3) is 11.0 Å². The van der Waals surface area contributed by atoms with Crippen LogP contribution in [0.4, 0.5) is 0 Å². The van der Waals surface area contributed by atoms with Gasteiger partial charge < -0.3 is 10.3 Å². The second-order valence-electron chi connectivity index (χ2n) is 6.15. The van der Waals surface area contributed by atoms with Gasteiger partial charge in [0.1, 0.15) is 0 Å². The summed E-state index contributed by atoms with van der Waals surface area (Å²) in [5.74, 6) is 0. The highest BCUT2D eigenvalue weighted by Gasteiger charge is 2.32. The van der Waals surface area contributed by atoms with E-state index in [1.807, 2.05) is 13.4 Å². The molecule has 2 heterocycles. The number of benzene rings is 1. The Bertz CT molecular complexity index is 589. The van der Waals surface area contributed by atoms with Gasteiger partial charge in [-0.25, -0.2) is 4.98 Å². The molecule has 2 N–H and O–H groups in total. The maximum Gasteiger partial charge on any atom is 0.0955 e. The van der Waals surface area contributed by atoms with Crippen molar-refractivity contribution in [3.63, 3.8) is 0 Å². The van der Waals surface area contributed by atoms with Crippen LogP contribution in [0.1, 0.15) is 18.9 Å². The SMILES string of the molecule is Cn1cnc2cc(CN3CCC(C)(CN)C3)ccc21. The zero-order chi connectivity index (χ0) is 13.5. The molecule has 0 saturated carbocycles. The first-order valence-electron chi connectivity index (χ1n) is 6.92. The lowest BCUT2D eigenvalue weighted by molar-refractivity contribution is 0.274. The molecule has 0 amide bonds. The van der Waals surface area contributed by atoms with Crippen LogP contribution < -0.4 is 5.73 Å². The highest BCUT2D eigenvalue weighted by atomic mass is 15.2. The lowest BCUT2D eigenvalue weighted by Crippen LogP contribution is -2.31. The minimum atomic E-state index is 0.301. The summed E-state index contributed by atoms with van der Waals surface area (Å²) in [5, 5.41) is 0. The molecule has 1 aliphatic heterocycles. The Balaban J connectivity index is 1.75. The van der Waals surface area contributed by atoms with E-state index in [0.717, 1.165) is 31.7 Å². The number of hydrogen-bond donors (Lipinski definition) is 1. The van der Waals surface area contributed by atoms with E-state index in [-0.39, 0.29) is 0 Å². The molecular weight excluding hydrogens is 236 g/mol. The molecule has 0 aliphatic carbocycles. The number of nitrogens with two attached hydrogens (primary N) is 1. The van der Waals surface area contributed by atoms with E-state index in [0.29, 0.717) is 5.41 Å². The minimum absolute atomic E-state index is 0.301. The van der Waals surface area contributed by atoms with Gasteiger partial charge in [-0.2, -0.15) is 0 Å². The molecule has 1 atom stereocenters. The lowest BCUT2D eigenvalue weighted by Gasteiger charge is -2.22. The summed E-state index contributed by atoms with van der Waals surface area (Å²) >= 11 is 0. The van der Waals surface area contributed by atoms with Crippen LogP contribution in [0, 0.1) is 5.41 Å². The third-order valence-electron chi connectivity index (χ3n) is 4.33. The Morgan fingerprint density at radius 1 is 1.42 bits per heavy atom. The second-order valence-corrected chi connectivity index (χ2v) is 6.15. The molecule has 0 radical (unpaired) electrons. The monoisotopic (exact) mass is 258 g/mol. The predicted octanol–water partition coefficient (Wildman–Crippen LogP) is 1.74. The molecule has 19 heavy (non-hydrogen) atoms. The maximum atomic E-state index is 5.86. The first-order chi connectivity index (χ1) is 9.09. The number of hydrogen-bond acceptors (Lipinski definition) is 3. The van der Waals surface area contributed by atoms with Crippen molar-refractivity contribution in [2.75, 3.05) is 19.6 Å². The van der Waals surface area contributed by atoms with Crippen molar-refractivity contribution in [1.82, 2.24) is 14.5 Å². The Morgan fingerprint density at radius 2 is 2.26 bits per heavy atom. The summed E-state index contributed by atoms with van der Waals surface area (Å²) in [6, 6.07) is 6.57. The number of likely N-dealkylation sites (tertiary alicyclic amines) is 1. The Hall–Kier alpha value is -1.39. The van der Waals surface area contributed by atoms with Gasteiger partial charge in [0, 0.05) is 20.1 Å². The molecule has 4 nitrogen and oxygen atoms in total. The topological polar surface area (TPSA) is 47.1 Å². The van der Waals surface area contributed by atoms with Crippen LogP contribution in [-0.2, 0) is 13.6 Å². The van der Waals surface area contributed by atoms with Gasteiger partial charge in [0.05, 0.1) is 17.4 Å². The maximum absolute atomic E-state index is 5.86. The molecule has 1 aromatic carbocycles. The predicted molar refractivity (Wildman–Crippen MR) is 77.8 cm³/mol. The standard InChI is InChI=1S/C15H22N4/c1-15(9-16)5-6-19(10-15)8-12-3-4-14-13(7-12)17-11-18(14)2/h3-4,7,11H,5-6,8-10,16H2,1-2H3. The second kappa shape index (κ2) is 4.62. The lowest BCUT2D eigenvalue weighted by atomic mass is 9.90. The van der Waals surface area contributed by atoms with Gasteiger partial charge in [-0.05, 0) is 42.6 Å². The quantitative estimate of drug-likeness (QED) is 0.912. The van der Waals surface area contributed by atoms with Crippen molar-refractivity contribution in [3.05, 3.63) is 30.1 Å². The molecule has 3 rings (SSSR count). The highest BCUT2D eigenvalue weighted by Crippen LogP contribution is 2.29. The van der Waals surface area contributed by atoms with Crippen LogP contribution >= 0.6 is 0 Å². The summed E-state index contributed by atoms with van der Waals surface area (Å²) in [6.45, 7) is 6.32. The Kier molecular flexibility index (Phi) is 3.07. The fourth-order valence-electron chi connectivity index (χ4n) is 2.97. The number of aryl methyl sites for hydroxylation is 1. The van der Waals surface area contributed by atoms with Gasteiger partial charge in [0.15, 0.2) is 0 Å². The summed E-state index contributed by atoms with van der Waals surface area (Å²) in [5.41, 5.74) is 9.78. The van der Waals surface area contributed by atoms with E-state index >= 15 is 0 Å². The van der Waals surface area contributed by atoms with E-state index in [1.165, 1.54) is 17.5 Å². The molecular formula is C15H22N4.